The second-order valence-electron chi connectivity index (χ2n) is 3.25. The zero-order valence-corrected chi connectivity index (χ0v) is 10.0. The van der Waals surface area contributed by atoms with Gasteiger partial charge in [-0.15, -0.1) is 5.41 Å². The van der Waals surface area contributed by atoms with Gasteiger partial charge in [-0.3, -0.25) is 0 Å². The quantitative estimate of drug-likeness (QED) is 0.641. The summed E-state index contributed by atoms with van der Waals surface area (Å²) in [5, 5.41) is 0. The molecule has 0 bridgehead atoms. The first-order valence-electron chi connectivity index (χ1n) is 3.51. The number of hydrogen-bond donors (Lipinski definition) is 0. The van der Waals surface area contributed by atoms with E-state index in [-0.39, 0.29) is 38.1 Å². The zero-order chi connectivity index (χ0) is 7.61. The Bertz CT molecular complexity index is 196. The molecule has 0 fully saturated rings. The molecule has 0 N–H and O–H groups in total. The van der Waals surface area contributed by atoms with Crippen LogP contribution in [0.4, 0.5) is 0 Å². The third kappa shape index (κ3) is 3.49. The van der Waals surface area contributed by atoms with Gasteiger partial charge in [0, 0.05) is 32.7 Å². The topological polar surface area (TPSA) is 0 Å². The Labute approximate surface area is 94.3 Å². The molecule has 0 saturated carbocycles. The average Bonchev–Trinajstić information content (AvgIpc) is 1.88. The summed E-state index contributed by atoms with van der Waals surface area (Å²) in [6.45, 7) is 8.27. The Morgan fingerprint density at radius 1 is 1.09 bits per heavy atom. The maximum atomic E-state index is 4.04. The molecule has 1 aromatic carbocycles. The molecule has 0 aliphatic rings. The van der Waals surface area contributed by atoms with Crippen molar-refractivity contribution in [2.75, 3.05) is 0 Å². The van der Waals surface area contributed by atoms with Crippen LogP contribution in [0.2, 0.25) is 0 Å². The zero-order valence-electron chi connectivity index (χ0n) is 7.17. The van der Waals surface area contributed by atoms with Crippen LogP contribution in [0, 0.1) is 6.92 Å². The fourth-order valence-electron chi connectivity index (χ4n) is 0.889. The van der Waals surface area contributed by atoms with Crippen molar-refractivity contribution in [3.63, 3.8) is 0 Å². The smallest absolute Gasteiger partial charge is 0 e. The Morgan fingerprint density at radius 2 is 1.55 bits per heavy atom. The molecule has 1 heteroatoms. The van der Waals surface area contributed by atoms with Crippen molar-refractivity contribution in [1.82, 2.24) is 0 Å². The molecular weight excluding hydrogens is 209 g/mol. The van der Waals surface area contributed by atoms with Gasteiger partial charge in [-0.25, -0.2) is 0 Å². The van der Waals surface area contributed by atoms with Crippen LogP contribution in [0.1, 0.15) is 19.4 Å². The van der Waals surface area contributed by atoms with Crippen LogP contribution in [-0.4, -0.2) is 0 Å². The van der Waals surface area contributed by atoms with E-state index in [4.69, 9.17) is 0 Å². The Morgan fingerprint density at radius 3 is 1.82 bits per heavy atom. The van der Waals surface area contributed by atoms with Crippen LogP contribution < -0.4 is 0 Å². The van der Waals surface area contributed by atoms with Gasteiger partial charge < -0.3 is 6.92 Å². The summed E-state index contributed by atoms with van der Waals surface area (Å²) in [5.41, 5.74) is 1.33. The van der Waals surface area contributed by atoms with Gasteiger partial charge in [-0.1, -0.05) is 49.7 Å². The fourth-order valence-corrected chi connectivity index (χ4v) is 0.889. The third-order valence-electron chi connectivity index (χ3n) is 1.56. The minimum absolute atomic E-state index is 0. The first kappa shape index (κ1) is 11.3. The molecule has 0 aromatic heterocycles. The molecule has 0 spiro atoms. The molecule has 0 heterocycles. The van der Waals surface area contributed by atoms with E-state index < -0.39 is 0 Å². The van der Waals surface area contributed by atoms with Crippen molar-refractivity contribution in [3.05, 3.63) is 42.8 Å². The summed E-state index contributed by atoms with van der Waals surface area (Å²) in [5.74, 6) is 0. The summed E-state index contributed by atoms with van der Waals surface area (Å²) >= 11 is 0. The van der Waals surface area contributed by atoms with E-state index in [1.807, 2.05) is 18.2 Å². The number of hydrogen-bond acceptors (Lipinski definition) is 0. The summed E-state index contributed by atoms with van der Waals surface area (Å²) in [6.07, 6.45) is 0. The molecule has 0 amide bonds. The summed E-state index contributed by atoms with van der Waals surface area (Å²) in [7, 11) is 0. The minimum Gasteiger partial charge on any atom is -0.333 e. The van der Waals surface area contributed by atoms with Crippen molar-refractivity contribution in [2.24, 2.45) is 0 Å². The SMILES string of the molecule is [CH2-]C(C)(C)c1ccccc1.[Y]. The first-order chi connectivity index (χ1) is 4.61. The molecule has 0 aliphatic carbocycles. The second-order valence-corrected chi connectivity index (χ2v) is 3.25. The molecule has 1 rings (SSSR count). The summed E-state index contributed by atoms with van der Waals surface area (Å²) < 4.78 is 0. The van der Waals surface area contributed by atoms with Gasteiger partial charge in [0.15, 0.2) is 0 Å². The van der Waals surface area contributed by atoms with Crippen LogP contribution in [0.15, 0.2) is 30.3 Å². The van der Waals surface area contributed by atoms with E-state index in [1.165, 1.54) is 5.56 Å². The monoisotopic (exact) mass is 222 g/mol. The van der Waals surface area contributed by atoms with Gasteiger partial charge in [-0.2, -0.15) is 0 Å². The van der Waals surface area contributed by atoms with E-state index in [1.54, 1.807) is 0 Å². The van der Waals surface area contributed by atoms with Gasteiger partial charge >= 0.3 is 0 Å². The maximum absolute atomic E-state index is 4.04. The normalized spacial score (nSPS) is 10.5. The molecular formula is C10H13Y-. The molecule has 1 radical (unpaired) electrons. The van der Waals surface area contributed by atoms with E-state index >= 15 is 0 Å². The van der Waals surface area contributed by atoms with Gasteiger partial charge in [0.25, 0.3) is 0 Å². The molecule has 0 nitrogen and oxygen atoms in total. The summed E-state index contributed by atoms with van der Waals surface area (Å²) in [4.78, 5) is 0. The standard InChI is InChI=1S/C10H13.Y/c1-10(2,3)9-7-5-4-6-8-9;/h4-8H,1H2,2-3H3;/q-1;. The average molecular weight is 222 g/mol. The van der Waals surface area contributed by atoms with E-state index in [0.29, 0.717) is 0 Å². The largest absolute Gasteiger partial charge is 0.333 e. The van der Waals surface area contributed by atoms with Gasteiger partial charge in [0.1, 0.15) is 0 Å². The first-order valence-corrected chi connectivity index (χ1v) is 3.51. The Hall–Kier alpha value is 0.324. The van der Waals surface area contributed by atoms with Crippen molar-refractivity contribution in [1.29, 1.82) is 0 Å². The third-order valence-corrected chi connectivity index (χ3v) is 1.56. The van der Waals surface area contributed by atoms with E-state index in [9.17, 15) is 0 Å². The molecule has 0 unspecified atom stereocenters. The van der Waals surface area contributed by atoms with Crippen LogP contribution in [0.25, 0.3) is 0 Å². The van der Waals surface area contributed by atoms with Gasteiger partial charge in [0.2, 0.25) is 0 Å². The van der Waals surface area contributed by atoms with E-state index in [2.05, 4.69) is 32.9 Å². The molecule has 0 aliphatic heterocycles. The van der Waals surface area contributed by atoms with Crippen LogP contribution in [0.3, 0.4) is 0 Å². The van der Waals surface area contributed by atoms with Crippen LogP contribution in [-0.2, 0) is 38.1 Å². The predicted molar refractivity (Wildman–Crippen MR) is 44.8 cm³/mol. The van der Waals surface area contributed by atoms with Crippen molar-refractivity contribution in [3.8, 4) is 0 Å². The van der Waals surface area contributed by atoms with Crippen LogP contribution >= 0.6 is 0 Å². The molecule has 1 aromatic rings. The molecule has 0 saturated heterocycles. The number of rotatable bonds is 1. The molecule has 11 heavy (non-hydrogen) atoms. The van der Waals surface area contributed by atoms with Gasteiger partial charge in [-0.05, 0) is 0 Å². The van der Waals surface area contributed by atoms with Gasteiger partial charge in [0.05, 0.1) is 0 Å². The van der Waals surface area contributed by atoms with Crippen molar-refractivity contribution >= 4 is 0 Å². The Balaban J connectivity index is 0.000001000. The van der Waals surface area contributed by atoms with Crippen molar-refractivity contribution < 1.29 is 32.7 Å². The molecule has 57 valence electrons. The number of benzene rings is 1. The van der Waals surface area contributed by atoms with Crippen molar-refractivity contribution in [2.45, 2.75) is 19.3 Å². The predicted octanol–water partition coefficient (Wildman–Crippen LogP) is 2.80. The molecule has 0 atom stereocenters. The van der Waals surface area contributed by atoms with E-state index in [0.717, 1.165) is 0 Å². The fraction of sp³-hybridized carbons (Fsp3) is 0.300. The minimum atomic E-state index is 0. The summed E-state index contributed by atoms with van der Waals surface area (Å²) in [6, 6.07) is 10.3. The van der Waals surface area contributed by atoms with Crippen LogP contribution in [0.5, 0.6) is 0 Å². The Kier molecular flexibility index (Phi) is 4.50. The maximum Gasteiger partial charge on any atom is 0 e. The second kappa shape index (κ2) is 4.37.